The van der Waals surface area contributed by atoms with E-state index in [2.05, 4.69) is 4.74 Å². The number of benzene rings is 2. The highest BCUT2D eigenvalue weighted by atomic mass is 19.4. The summed E-state index contributed by atoms with van der Waals surface area (Å²) >= 11 is 0. The van der Waals surface area contributed by atoms with Crippen molar-refractivity contribution in [1.82, 2.24) is 0 Å². The highest BCUT2D eigenvalue weighted by Gasteiger charge is 2.40. The first-order valence-corrected chi connectivity index (χ1v) is 8.31. The summed E-state index contributed by atoms with van der Waals surface area (Å²) in [6.45, 7) is 1.35. The molecule has 0 aliphatic heterocycles. The molecular formula is C20H15F3O6. The van der Waals surface area contributed by atoms with Gasteiger partial charge in [0.1, 0.15) is 17.1 Å². The number of hydrogen-bond donors (Lipinski definition) is 0. The number of ether oxygens (including phenoxy) is 3. The van der Waals surface area contributed by atoms with Crippen molar-refractivity contribution in [3.05, 3.63) is 64.0 Å². The number of methoxy groups -OCH3 is 1. The zero-order valence-electron chi connectivity index (χ0n) is 15.3. The fourth-order valence-corrected chi connectivity index (χ4v) is 2.45. The second-order valence-corrected chi connectivity index (χ2v) is 6.03. The number of halogens is 3. The van der Waals surface area contributed by atoms with Crippen LogP contribution in [-0.2, 0) is 15.7 Å². The smallest absolute Gasteiger partial charge is 0.453 e. The molecule has 0 N–H and O–H groups in total. The first-order chi connectivity index (χ1) is 13.7. The Morgan fingerprint density at radius 3 is 2.34 bits per heavy atom. The van der Waals surface area contributed by atoms with Gasteiger partial charge in [0.25, 0.3) is 5.76 Å². The summed E-state index contributed by atoms with van der Waals surface area (Å²) < 4.78 is 60.3. The van der Waals surface area contributed by atoms with Crippen molar-refractivity contribution in [2.45, 2.75) is 13.1 Å². The van der Waals surface area contributed by atoms with Gasteiger partial charge in [0, 0.05) is 6.07 Å². The predicted octanol–water partition coefficient (Wildman–Crippen LogP) is 4.46. The molecule has 0 atom stereocenters. The number of alkyl halides is 3. The summed E-state index contributed by atoms with van der Waals surface area (Å²) in [5.41, 5.74) is -0.474. The lowest BCUT2D eigenvalue weighted by Gasteiger charge is -2.14. The zero-order valence-corrected chi connectivity index (χ0v) is 15.3. The Kier molecular flexibility index (Phi) is 5.49. The molecule has 152 valence electrons. The summed E-state index contributed by atoms with van der Waals surface area (Å²) in [6.07, 6.45) is -4.98. The van der Waals surface area contributed by atoms with Crippen LogP contribution in [0.2, 0.25) is 0 Å². The first-order valence-electron chi connectivity index (χ1n) is 8.31. The van der Waals surface area contributed by atoms with Crippen LogP contribution < -0.4 is 14.9 Å². The van der Waals surface area contributed by atoms with Gasteiger partial charge in [-0.2, -0.15) is 13.2 Å². The van der Waals surface area contributed by atoms with Crippen LogP contribution in [0.5, 0.6) is 17.2 Å². The first kappa shape index (κ1) is 20.2. The lowest BCUT2D eigenvalue weighted by Crippen LogP contribution is -2.16. The summed E-state index contributed by atoms with van der Waals surface area (Å²) in [6, 6.07) is 9.81. The Labute approximate surface area is 162 Å². The van der Waals surface area contributed by atoms with E-state index >= 15 is 0 Å². The number of carbonyl (C=O) groups is 1. The van der Waals surface area contributed by atoms with Crippen LogP contribution in [0.1, 0.15) is 11.3 Å². The number of hydrogen-bond acceptors (Lipinski definition) is 6. The molecule has 0 radical (unpaired) electrons. The number of aryl methyl sites for hydroxylation is 1. The van der Waals surface area contributed by atoms with Crippen LogP contribution in [0.3, 0.4) is 0 Å². The van der Waals surface area contributed by atoms with Gasteiger partial charge >= 0.3 is 12.1 Å². The molecule has 0 saturated carbocycles. The molecule has 9 heteroatoms. The minimum absolute atomic E-state index is 0.0337. The molecule has 0 bridgehead atoms. The molecule has 0 aliphatic rings. The second-order valence-electron chi connectivity index (χ2n) is 6.03. The van der Waals surface area contributed by atoms with Crippen molar-refractivity contribution in [2.75, 3.05) is 13.7 Å². The molecule has 0 saturated heterocycles. The van der Waals surface area contributed by atoms with Crippen molar-refractivity contribution in [1.29, 1.82) is 0 Å². The van der Waals surface area contributed by atoms with Crippen LogP contribution in [0.25, 0.3) is 11.0 Å². The third-order valence-corrected chi connectivity index (χ3v) is 3.90. The molecule has 0 fully saturated rings. The Hall–Kier alpha value is -3.49. The van der Waals surface area contributed by atoms with Gasteiger partial charge in [0.15, 0.2) is 6.61 Å². The molecule has 1 aromatic heterocycles. The van der Waals surface area contributed by atoms with E-state index < -0.39 is 35.7 Å². The molecule has 1 heterocycles. The molecule has 0 spiro atoms. The monoisotopic (exact) mass is 408 g/mol. The average Bonchev–Trinajstić information content (AvgIpc) is 2.68. The van der Waals surface area contributed by atoms with Crippen LogP contribution in [0.4, 0.5) is 13.2 Å². The molecule has 0 aliphatic carbocycles. The number of esters is 1. The molecule has 3 aromatic rings. The maximum atomic E-state index is 13.5. The summed E-state index contributed by atoms with van der Waals surface area (Å²) in [5.74, 6) is -3.11. The van der Waals surface area contributed by atoms with Crippen molar-refractivity contribution in [3.63, 3.8) is 0 Å². The van der Waals surface area contributed by atoms with E-state index in [9.17, 15) is 22.8 Å². The summed E-state index contributed by atoms with van der Waals surface area (Å²) in [4.78, 5) is 23.8. The predicted molar refractivity (Wildman–Crippen MR) is 96.3 cm³/mol. The quantitative estimate of drug-likeness (QED) is 0.580. The standard InChI is InChI=1S/C20H15F3O6/c1-11-3-5-12(6-4-11)28-18-17(25)14-8-7-13(27-10-16(24)26-2)9-15(14)29-19(18)20(21,22)23/h3-9H,10H2,1-2H3. The molecule has 3 rings (SSSR count). The minimum Gasteiger partial charge on any atom is -0.482 e. The van der Waals surface area contributed by atoms with E-state index in [1.54, 1.807) is 19.1 Å². The van der Waals surface area contributed by atoms with E-state index in [0.29, 0.717) is 0 Å². The van der Waals surface area contributed by atoms with Crippen LogP contribution >= 0.6 is 0 Å². The van der Waals surface area contributed by atoms with Gasteiger partial charge in [-0.25, -0.2) is 4.79 Å². The van der Waals surface area contributed by atoms with E-state index in [4.69, 9.17) is 13.9 Å². The molecule has 2 aromatic carbocycles. The fourth-order valence-electron chi connectivity index (χ4n) is 2.45. The molecule has 6 nitrogen and oxygen atoms in total. The SMILES string of the molecule is COC(=O)COc1ccc2c(=O)c(Oc3ccc(C)cc3)c(C(F)(F)F)oc2c1. The van der Waals surface area contributed by atoms with Crippen LogP contribution in [-0.4, -0.2) is 19.7 Å². The van der Waals surface area contributed by atoms with Crippen molar-refractivity contribution >= 4 is 16.9 Å². The largest absolute Gasteiger partial charge is 0.482 e. The van der Waals surface area contributed by atoms with E-state index in [1.807, 2.05) is 0 Å². The zero-order chi connectivity index (χ0) is 21.2. The normalized spacial score (nSPS) is 11.3. The lowest BCUT2D eigenvalue weighted by atomic mass is 10.2. The number of rotatable bonds is 5. The topological polar surface area (TPSA) is 75.0 Å². The van der Waals surface area contributed by atoms with E-state index in [1.165, 1.54) is 24.3 Å². The second kappa shape index (κ2) is 7.86. The van der Waals surface area contributed by atoms with E-state index in [-0.39, 0.29) is 22.5 Å². The van der Waals surface area contributed by atoms with Crippen molar-refractivity contribution in [3.8, 4) is 17.2 Å². The Bertz CT molecular complexity index is 1100. The van der Waals surface area contributed by atoms with Gasteiger partial charge in [0.2, 0.25) is 11.2 Å². The Balaban J connectivity index is 2.08. The van der Waals surface area contributed by atoms with Gasteiger partial charge < -0.3 is 18.6 Å². The lowest BCUT2D eigenvalue weighted by molar-refractivity contribution is -0.154. The van der Waals surface area contributed by atoms with Crippen molar-refractivity contribution in [2.24, 2.45) is 0 Å². The average molecular weight is 408 g/mol. The molecule has 0 amide bonds. The van der Waals surface area contributed by atoms with Crippen LogP contribution in [0, 0.1) is 6.92 Å². The number of fused-ring (bicyclic) bond motifs is 1. The minimum atomic E-state index is -4.98. The third kappa shape index (κ3) is 4.50. The van der Waals surface area contributed by atoms with Crippen molar-refractivity contribution < 1.29 is 36.6 Å². The highest BCUT2D eigenvalue weighted by molar-refractivity contribution is 5.80. The fraction of sp³-hybridized carbons (Fsp3) is 0.200. The number of carbonyl (C=O) groups excluding carboxylic acids is 1. The molecule has 0 unspecified atom stereocenters. The van der Waals surface area contributed by atoms with Gasteiger partial charge in [-0.15, -0.1) is 0 Å². The highest BCUT2D eigenvalue weighted by Crippen LogP contribution is 2.38. The summed E-state index contributed by atoms with van der Waals surface area (Å²) in [5, 5.41) is -0.134. The molecular weight excluding hydrogens is 393 g/mol. The van der Waals surface area contributed by atoms with Gasteiger partial charge in [-0.3, -0.25) is 4.79 Å². The maximum Gasteiger partial charge on any atom is 0.453 e. The van der Waals surface area contributed by atoms with E-state index in [0.717, 1.165) is 18.7 Å². The van der Waals surface area contributed by atoms with Gasteiger partial charge in [-0.1, -0.05) is 17.7 Å². The maximum absolute atomic E-state index is 13.5. The summed E-state index contributed by atoms with van der Waals surface area (Å²) in [7, 11) is 1.16. The molecule has 29 heavy (non-hydrogen) atoms. The third-order valence-electron chi connectivity index (χ3n) is 3.90. The Morgan fingerprint density at radius 2 is 1.72 bits per heavy atom. The van der Waals surface area contributed by atoms with Gasteiger partial charge in [-0.05, 0) is 31.2 Å². The van der Waals surface area contributed by atoms with Crippen LogP contribution in [0.15, 0.2) is 51.7 Å². The Morgan fingerprint density at radius 1 is 1.07 bits per heavy atom. The van der Waals surface area contributed by atoms with Gasteiger partial charge in [0.05, 0.1) is 12.5 Å².